The summed E-state index contributed by atoms with van der Waals surface area (Å²) in [6, 6.07) is 9.74. The Hall–Kier alpha value is -3.52. The lowest BCUT2D eigenvalue weighted by Crippen LogP contribution is -2.32. The molecule has 1 unspecified atom stereocenters. The smallest absolute Gasteiger partial charge is 0.295 e. The van der Waals surface area contributed by atoms with E-state index in [1.807, 2.05) is 32.8 Å². The van der Waals surface area contributed by atoms with Crippen LogP contribution < -0.4 is 14.2 Å². The molecule has 1 amide bonds. The van der Waals surface area contributed by atoms with Gasteiger partial charge in [-0.2, -0.15) is 0 Å². The van der Waals surface area contributed by atoms with E-state index in [9.17, 15) is 14.7 Å². The normalized spacial score (nSPS) is 17.2. The molecule has 0 saturated carbocycles. The zero-order valence-electron chi connectivity index (χ0n) is 21.3. The first-order chi connectivity index (χ1) is 16.7. The maximum atomic E-state index is 13.3. The number of amides is 1. The Morgan fingerprint density at radius 2 is 1.80 bits per heavy atom. The van der Waals surface area contributed by atoms with Crippen molar-refractivity contribution in [1.82, 2.24) is 9.80 Å². The molecule has 0 spiro atoms. The summed E-state index contributed by atoms with van der Waals surface area (Å²) < 4.78 is 16.4. The van der Waals surface area contributed by atoms with Crippen molar-refractivity contribution >= 4 is 17.4 Å². The monoisotopic (exact) mass is 482 g/mol. The van der Waals surface area contributed by atoms with E-state index in [2.05, 4.69) is 0 Å². The zero-order valence-corrected chi connectivity index (χ0v) is 21.3. The lowest BCUT2D eigenvalue weighted by Gasteiger charge is -2.26. The number of ether oxygens (including phenoxy) is 3. The third-order valence-corrected chi connectivity index (χ3v) is 6.04. The first-order valence-electron chi connectivity index (χ1n) is 11.6. The van der Waals surface area contributed by atoms with Crippen molar-refractivity contribution in [2.75, 3.05) is 48.0 Å². The maximum absolute atomic E-state index is 13.3. The van der Waals surface area contributed by atoms with E-state index in [4.69, 9.17) is 14.2 Å². The van der Waals surface area contributed by atoms with Gasteiger partial charge in [0.05, 0.1) is 32.4 Å². The second-order valence-corrected chi connectivity index (χ2v) is 8.67. The molecule has 1 aliphatic heterocycles. The van der Waals surface area contributed by atoms with Crippen LogP contribution in [-0.4, -0.2) is 74.6 Å². The van der Waals surface area contributed by atoms with Crippen molar-refractivity contribution in [3.05, 3.63) is 58.7 Å². The molecule has 8 heteroatoms. The molecule has 8 nitrogen and oxygen atoms in total. The fourth-order valence-corrected chi connectivity index (χ4v) is 4.32. The highest BCUT2D eigenvalue weighted by atomic mass is 16.5. The zero-order chi connectivity index (χ0) is 25.7. The standard InChI is InChI=1S/C27H34N2O6/c1-7-35-21-12-9-18(16-22(21)34-6)24-23(25(30)20-11-10-19(33-5)15-17(20)2)26(31)27(32)29(24)14-8-13-28(3)4/h9-12,15-16,24,30H,7-8,13-14H2,1-6H3/b25-23-. The Bertz CT molecular complexity index is 1120. The second-order valence-electron chi connectivity index (χ2n) is 8.67. The van der Waals surface area contributed by atoms with Gasteiger partial charge >= 0.3 is 0 Å². The summed E-state index contributed by atoms with van der Waals surface area (Å²) in [5, 5.41) is 11.4. The predicted molar refractivity (Wildman–Crippen MR) is 134 cm³/mol. The molecule has 0 radical (unpaired) electrons. The summed E-state index contributed by atoms with van der Waals surface area (Å²) in [4.78, 5) is 30.0. The van der Waals surface area contributed by atoms with E-state index < -0.39 is 17.7 Å². The van der Waals surface area contributed by atoms with Gasteiger partial charge in [0.15, 0.2) is 11.5 Å². The number of methoxy groups -OCH3 is 2. The van der Waals surface area contributed by atoms with Crippen molar-refractivity contribution in [2.24, 2.45) is 0 Å². The molecule has 0 bridgehead atoms. The fourth-order valence-electron chi connectivity index (χ4n) is 4.32. The van der Waals surface area contributed by atoms with Crippen LogP contribution >= 0.6 is 0 Å². The van der Waals surface area contributed by atoms with Crippen LogP contribution in [0.25, 0.3) is 5.76 Å². The molecule has 1 fully saturated rings. The molecule has 2 aromatic rings. The summed E-state index contributed by atoms with van der Waals surface area (Å²) in [6.07, 6.45) is 0.673. The highest BCUT2D eigenvalue weighted by Crippen LogP contribution is 2.42. The number of aliphatic hydroxyl groups is 1. The number of aryl methyl sites for hydroxylation is 1. The number of nitrogens with zero attached hydrogens (tertiary/aromatic N) is 2. The average Bonchev–Trinajstić information content (AvgIpc) is 3.08. The van der Waals surface area contributed by atoms with Crippen LogP contribution in [0.5, 0.6) is 17.2 Å². The van der Waals surface area contributed by atoms with Crippen molar-refractivity contribution < 1.29 is 28.9 Å². The van der Waals surface area contributed by atoms with Crippen LogP contribution in [-0.2, 0) is 9.59 Å². The van der Waals surface area contributed by atoms with Crippen molar-refractivity contribution in [3.63, 3.8) is 0 Å². The van der Waals surface area contributed by atoms with Crippen LogP contribution in [0.3, 0.4) is 0 Å². The Labute approximate surface area is 206 Å². The number of benzene rings is 2. The minimum Gasteiger partial charge on any atom is -0.507 e. The summed E-state index contributed by atoms with van der Waals surface area (Å²) in [5.41, 5.74) is 1.91. The largest absolute Gasteiger partial charge is 0.507 e. The van der Waals surface area contributed by atoms with Gasteiger partial charge in [0.1, 0.15) is 11.5 Å². The summed E-state index contributed by atoms with van der Waals surface area (Å²) >= 11 is 0. The van der Waals surface area contributed by atoms with Gasteiger partial charge in [-0.05, 0) is 82.4 Å². The Balaban J connectivity index is 2.16. The Morgan fingerprint density at radius 3 is 2.40 bits per heavy atom. The van der Waals surface area contributed by atoms with Crippen molar-refractivity contribution in [1.29, 1.82) is 0 Å². The van der Waals surface area contributed by atoms with Crippen molar-refractivity contribution in [3.8, 4) is 17.2 Å². The maximum Gasteiger partial charge on any atom is 0.295 e. The van der Waals surface area contributed by atoms with E-state index in [1.54, 1.807) is 43.5 Å². The van der Waals surface area contributed by atoms with E-state index >= 15 is 0 Å². The van der Waals surface area contributed by atoms with Gasteiger partial charge < -0.3 is 29.1 Å². The second kappa shape index (κ2) is 11.3. The number of carbonyl (C=O) groups is 2. The highest BCUT2D eigenvalue weighted by molar-refractivity contribution is 6.46. The topological polar surface area (TPSA) is 88.5 Å². The van der Waals surface area contributed by atoms with Crippen LogP contribution in [0.1, 0.15) is 36.1 Å². The third kappa shape index (κ3) is 5.43. The summed E-state index contributed by atoms with van der Waals surface area (Å²) in [5.74, 6) is 0.139. The minimum atomic E-state index is -0.761. The van der Waals surface area contributed by atoms with Crippen LogP contribution in [0.4, 0.5) is 0 Å². The number of aliphatic hydroxyl groups excluding tert-OH is 1. The molecule has 1 atom stereocenters. The van der Waals surface area contributed by atoms with Gasteiger partial charge in [0.25, 0.3) is 11.7 Å². The van der Waals surface area contributed by atoms with E-state index in [1.165, 1.54) is 12.0 Å². The van der Waals surface area contributed by atoms with E-state index in [-0.39, 0.29) is 11.3 Å². The first-order valence-corrected chi connectivity index (χ1v) is 11.6. The molecule has 0 aliphatic carbocycles. The lowest BCUT2D eigenvalue weighted by molar-refractivity contribution is -0.139. The van der Waals surface area contributed by atoms with Gasteiger partial charge in [0, 0.05) is 12.1 Å². The minimum absolute atomic E-state index is 0.0549. The van der Waals surface area contributed by atoms with Crippen LogP contribution in [0.15, 0.2) is 42.0 Å². The number of hydrogen-bond donors (Lipinski definition) is 1. The average molecular weight is 483 g/mol. The molecular weight excluding hydrogens is 448 g/mol. The van der Waals surface area contributed by atoms with E-state index in [0.29, 0.717) is 47.9 Å². The van der Waals surface area contributed by atoms with Crippen LogP contribution in [0, 0.1) is 6.92 Å². The summed E-state index contributed by atoms with van der Waals surface area (Å²) in [7, 11) is 7.01. The number of hydrogen-bond acceptors (Lipinski definition) is 7. The molecule has 35 heavy (non-hydrogen) atoms. The summed E-state index contributed by atoms with van der Waals surface area (Å²) in [6.45, 7) is 5.28. The Morgan fingerprint density at radius 1 is 1.06 bits per heavy atom. The molecule has 1 heterocycles. The van der Waals surface area contributed by atoms with Gasteiger partial charge in [0.2, 0.25) is 0 Å². The van der Waals surface area contributed by atoms with E-state index in [0.717, 1.165) is 12.1 Å². The number of rotatable bonds is 10. The molecule has 188 valence electrons. The van der Waals surface area contributed by atoms with Gasteiger partial charge in [-0.25, -0.2) is 0 Å². The lowest BCUT2D eigenvalue weighted by atomic mass is 9.93. The molecule has 2 aromatic carbocycles. The fraction of sp³-hybridized carbons (Fsp3) is 0.407. The number of carbonyl (C=O) groups excluding carboxylic acids is 2. The molecule has 3 rings (SSSR count). The van der Waals surface area contributed by atoms with Crippen molar-refractivity contribution in [2.45, 2.75) is 26.3 Å². The molecule has 1 saturated heterocycles. The number of ketones is 1. The van der Waals surface area contributed by atoms with Crippen LogP contribution in [0.2, 0.25) is 0 Å². The Kier molecular flexibility index (Phi) is 8.40. The third-order valence-electron chi connectivity index (χ3n) is 6.04. The molecule has 1 N–H and O–H groups in total. The molecule has 0 aromatic heterocycles. The number of Topliss-reactive ketones (excluding diaryl/α,β-unsaturated/α-hetero) is 1. The first kappa shape index (κ1) is 26.1. The predicted octanol–water partition coefficient (Wildman–Crippen LogP) is 3.78. The van der Waals surface area contributed by atoms with Gasteiger partial charge in [-0.3, -0.25) is 9.59 Å². The van der Waals surface area contributed by atoms with Gasteiger partial charge in [-0.1, -0.05) is 6.07 Å². The molecule has 1 aliphatic rings. The highest BCUT2D eigenvalue weighted by Gasteiger charge is 2.46. The molecular formula is C27H34N2O6. The van der Waals surface area contributed by atoms with Gasteiger partial charge in [-0.15, -0.1) is 0 Å². The SMILES string of the molecule is CCOc1ccc(C2/C(=C(/O)c3ccc(OC)cc3C)C(=O)C(=O)N2CCCN(C)C)cc1OC. The quantitative estimate of drug-likeness (QED) is 0.313. The number of likely N-dealkylation sites (tertiary alicyclic amines) is 1.